The van der Waals surface area contributed by atoms with Crippen LogP contribution < -0.4 is 0 Å². The fraction of sp³-hybridized carbons (Fsp3) is 0. The minimum Gasteiger partial charge on any atom is -0.207 e. The van der Waals surface area contributed by atoms with E-state index < -0.39 is 5.82 Å². The Bertz CT molecular complexity index is 244. The van der Waals surface area contributed by atoms with Crippen LogP contribution in [0.4, 0.5) is 4.39 Å². The average molecular weight is 222 g/mol. The van der Waals surface area contributed by atoms with Crippen molar-refractivity contribution in [1.29, 1.82) is 0 Å². The molecule has 0 heterocycles. The van der Waals surface area contributed by atoms with Crippen molar-refractivity contribution in [3.63, 3.8) is 0 Å². The van der Waals surface area contributed by atoms with Gasteiger partial charge in [-0.2, -0.15) is 0 Å². The summed E-state index contributed by atoms with van der Waals surface area (Å²) in [5.74, 6) is -0.396. The van der Waals surface area contributed by atoms with Gasteiger partial charge in [-0.3, -0.25) is 0 Å². The second-order valence-electron chi connectivity index (χ2n) is 1.69. The van der Waals surface area contributed by atoms with E-state index in [1.165, 1.54) is 12.1 Å². The molecule has 0 aliphatic heterocycles. The summed E-state index contributed by atoms with van der Waals surface area (Å²) in [6.45, 7) is 0. The molecule has 1 aromatic rings. The van der Waals surface area contributed by atoms with Gasteiger partial charge in [0, 0.05) is 20.8 Å². The van der Waals surface area contributed by atoms with Gasteiger partial charge >= 0.3 is 11.7 Å². The SMILES string of the molecule is O=[S+]c1cc(F)cc(Br)c1. The van der Waals surface area contributed by atoms with Crippen molar-refractivity contribution in [3.8, 4) is 0 Å². The molecule has 0 radical (unpaired) electrons. The standard InChI is InChI=1S/C6H3BrFOS/c7-4-1-5(8)3-6(2-4)10-9/h1-3H/q+1. The molecule has 0 aromatic heterocycles. The summed E-state index contributed by atoms with van der Waals surface area (Å²) in [6.07, 6.45) is 0. The normalized spacial score (nSPS) is 9.40. The summed E-state index contributed by atoms with van der Waals surface area (Å²) in [4.78, 5) is 0.381. The molecule has 52 valence electrons. The van der Waals surface area contributed by atoms with Gasteiger partial charge in [0.1, 0.15) is 5.82 Å². The van der Waals surface area contributed by atoms with Crippen molar-refractivity contribution in [2.24, 2.45) is 0 Å². The number of rotatable bonds is 1. The molecule has 0 atom stereocenters. The summed E-state index contributed by atoms with van der Waals surface area (Å²) in [5.41, 5.74) is 0. The van der Waals surface area contributed by atoms with Gasteiger partial charge in [0.05, 0.1) is 0 Å². The number of benzene rings is 1. The van der Waals surface area contributed by atoms with Crippen LogP contribution >= 0.6 is 15.9 Å². The topological polar surface area (TPSA) is 17.1 Å². The lowest BCUT2D eigenvalue weighted by Gasteiger charge is -1.85. The first-order valence-electron chi connectivity index (χ1n) is 2.48. The summed E-state index contributed by atoms with van der Waals surface area (Å²) in [5, 5.41) is 0. The third kappa shape index (κ3) is 1.82. The average Bonchev–Trinajstić information content (AvgIpc) is 1.85. The Morgan fingerprint density at radius 2 is 2.10 bits per heavy atom. The zero-order valence-electron chi connectivity index (χ0n) is 4.80. The third-order valence-electron chi connectivity index (χ3n) is 0.932. The van der Waals surface area contributed by atoms with Gasteiger partial charge in [0.25, 0.3) is 4.90 Å². The molecular weight excluding hydrogens is 219 g/mol. The van der Waals surface area contributed by atoms with Gasteiger partial charge in [-0.05, 0) is 6.07 Å². The summed E-state index contributed by atoms with van der Waals surface area (Å²) >= 11 is 3.34. The molecule has 0 N–H and O–H groups in total. The summed E-state index contributed by atoms with van der Waals surface area (Å²) in [6, 6.07) is 4.07. The summed E-state index contributed by atoms with van der Waals surface area (Å²) < 4.78 is 23.2. The van der Waals surface area contributed by atoms with Crippen LogP contribution in [0.3, 0.4) is 0 Å². The van der Waals surface area contributed by atoms with Crippen molar-refractivity contribution in [2.45, 2.75) is 4.90 Å². The number of hydrogen-bond donors (Lipinski definition) is 0. The quantitative estimate of drug-likeness (QED) is 0.666. The zero-order valence-corrected chi connectivity index (χ0v) is 7.21. The first-order chi connectivity index (χ1) is 4.72. The lowest BCUT2D eigenvalue weighted by atomic mass is 10.3. The molecule has 0 amide bonds. The van der Waals surface area contributed by atoms with E-state index in [2.05, 4.69) is 15.9 Å². The van der Waals surface area contributed by atoms with Gasteiger partial charge in [0.15, 0.2) is 0 Å². The van der Waals surface area contributed by atoms with Gasteiger partial charge in [-0.25, -0.2) is 4.39 Å². The Balaban J connectivity index is 3.18. The molecule has 0 bridgehead atoms. The molecule has 4 heteroatoms. The molecule has 0 saturated heterocycles. The molecule has 10 heavy (non-hydrogen) atoms. The Hall–Kier alpha value is -0.350. The van der Waals surface area contributed by atoms with Crippen LogP contribution in [0, 0.1) is 5.82 Å². The highest BCUT2D eigenvalue weighted by Crippen LogP contribution is 2.14. The molecule has 0 unspecified atom stereocenters. The Kier molecular flexibility index (Phi) is 2.45. The molecular formula is C6H3BrFOS+. The van der Waals surface area contributed by atoms with Crippen LogP contribution in [0.2, 0.25) is 0 Å². The van der Waals surface area contributed by atoms with Crippen LogP contribution in [0.25, 0.3) is 0 Å². The van der Waals surface area contributed by atoms with E-state index in [-0.39, 0.29) is 11.7 Å². The second kappa shape index (κ2) is 3.16. The van der Waals surface area contributed by atoms with Gasteiger partial charge in [-0.15, -0.1) is 0 Å². The lowest BCUT2D eigenvalue weighted by molar-refractivity contribution is 0.601. The van der Waals surface area contributed by atoms with Crippen molar-refractivity contribution in [3.05, 3.63) is 28.5 Å². The van der Waals surface area contributed by atoms with E-state index in [9.17, 15) is 8.60 Å². The van der Waals surface area contributed by atoms with Crippen LogP contribution in [0.5, 0.6) is 0 Å². The van der Waals surface area contributed by atoms with E-state index in [1.807, 2.05) is 0 Å². The van der Waals surface area contributed by atoms with Crippen molar-refractivity contribution in [2.75, 3.05) is 0 Å². The largest absolute Gasteiger partial charge is 0.505 e. The molecule has 1 rings (SSSR count). The maximum Gasteiger partial charge on any atom is 0.505 e. The monoisotopic (exact) mass is 221 g/mol. The van der Waals surface area contributed by atoms with Crippen molar-refractivity contribution >= 4 is 27.6 Å². The molecule has 0 aliphatic rings. The minimum atomic E-state index is -0.396. The lowest BCUT2D eigenvalue weighted by Crippen LogP contribution is -1.77. The van der Waals surface area contributed by atoms with E-state index in [4.69, 9.17) is 0 Å². The van der Waals surface area contributed by atoms with E-state index in [1.54, 1.807) is 6.07 Å². The first-order valence-corrected chi connectivity index (χ1v) is 4.02. The Morgan fingerprint density at radius 3 is 2.60 bits per heavy atom. The maximum absolute atomic E-state index is 12.4. The van der Waals surface area contributed by atoms with Crippen LogP contribution in [0.1, 0.15) is 0 Å². The van der Waals surface area contributed by atoms with Crippen molar-refractivity contribution in [1.82, 2.24) is 0 Å². The van der Waals surface area contributed by atoms with Crippen molar-refractivity contribution < 1.29 is 8.60 Å². The molecule has 1 aromatic carbocycles. The number of hydrogen-bond acceptors (Lipinski definition) is 1. The van der Waals surface area contributed by atoms with E-state index in [0.717, 1.165) is 0 Å². The van der Waals surface area contributed by atoms with Crippen LogP contribution in [0.15, 0.2) is 27.6 Å². The minimum absolute atomic E-state index is 0.277. The van der Waals surface area contributed by atoms with E-state index in [0.29, 0.717) is 9.37 Å². The zero-order chi connectivity index (χ0) is 7.56. The highest BCUT2D eigenvalue weighted by atomic mass is 79.9. The molecule has 0 saturated carbocycles. The Morgan fingerprint density at radius 1 is 1.40 bits per heavy atom. The van der Waals surface area contributed by atoms with Gasteiger partial charge < -0.3 is 0 Å². The summed E-state index contributed by atoms with van der Waals surface area (Å²) in [7, 11) is 0. The van der Waals surface area contributed by atoms with Crippen LogP contribution in [-0.4, -0.2) is 0 Å². The molecule has 0 aliphatic carbocycles. The maximum atomic E-state index is 12.4. The van der Waals surface area contributed by atoms with Gasteiger partial charge in [0.2, 0.25) is 0 Å². The fourth-order valence-electron chi connectivity index (χ4n) is 0.577. The van der Waals surface area contributed by atoms with E-state index >= 15 is 0 Å². The smallest absolute Gasteiger partial charge is 0.207 e. The predicted molar refractivity (Wildman–Crippen MR) is 40.4 cm³/mol. The highest BCUT2D eigenvalue weighted by molar-refractivity contribution is 9.10. The molecule has 1 nitrogen and oxygen atoms in total. The highest BCUT2D eigenvalue weighted by Gasteiger charge is 2.08. The number of halogens is 2. The third-order valence-corrected chi connectivity index (χ3v) is 1.82. The Labute approximate surface area is 69.9 Å². The first kappa shape index (κ1) is 7.75. The van der Waals surface area contributed by atoms with Gasteiger partial charge in [-0.1, -0.05) is 15.9 Å². The fourth-order valence-corrected chi connectivity index (χ4v) is 1.53. The molecule has 0 fully saturated rings. The van der Waals surface area contributed by atoms with Crippen LogP contribution in [-0.2, 0) is 15.9 Å². The second-order valence-corrected chi connectivity index (χ2v) is 3.24. The molecule has 0 spiro atoms. The predicted octanol–water partition coefficient (Wildman–Crippen LogP) is 2.38.